The molecule has 0 spiro atoms. The maximum Gasteiger partial charge on any atom is 0.338 e. The van der Waals surface area contributed by atoms with Crippen LogP contribution in [0.5, 0.6) is 5.75 Å². The van der Waals surface area contributed by atoms with Crippen molar-refractivity contribution in [1.82, 2.24) is 9.55 Å². The zero-order valence-electron chi connectivity index (χ0n) is 20.0. The first-order valence-electron chi connectivity index (χ1n) is 11.6. The molecule has 1 aliphatic heterocycles. The molecule has 1 N–H and O–H groups in total. The van der Waals surface area contributed by atoms with Crippen molar-refractivity contribution in [1.29, 1.82) is 0 Å². The Labute approximate surface area is 211 Å². The summed E-state index contributed by atoms with van der Waals surface area (Å²) in [7, 11) is 0. The number of H-pyrrole nitrogens is 1. The summed E-state index contributed by atoms with van der Waals surface area (Å²) in [5, 5.41) is 1.03. The lowest BCUT2D eigenvalue weighted by atomic mass is 9.96. The second-order valence-electron chi connectivity index (χ2n) is 8.26. The average Bonchev–Trinajstić information content (AvgIpc) is 3.43. The predicted molar refractivity (Wildman–Crippen MR) is 141 cm³/mol. The molecule has 0 radical (unpaired) electrons. The molecule has 7 nitrogen and oxygen atoms in total. The summed E-state index contributed by atoms with van der Waals surface area (Å²) >= 11 is 1.30. The number of esters is 1. The van der Waals surface area contributed by atoms with Gasteiger partial charge in [-0.15, -0.1) is 0 Å². The van der Waals surface area contributed by atoms with Crippen molar-refractivity contribution in [3.05, 3.63) is 109 Å². The van der Waals surface area contributed by atoms with Crippen molar-refractivity contribution in [3.8, 4) is 5.75 Å². The molecule has 0 aliphatic carbocycles. The fourth-order valence-electron chi connectivity index (χ4n) is 4.36. The van der Waals surface area contributed by atoms with Crippen molar-refractivity contribution in [2.75, 3.05) is 13.2 Å². The minimum Gasteiger partial charge on any atom is -0.490 e. The molecule has 3 heterocycles. The molecule has 1 aliphatic rings. The lowest BCUT2D eigenvalue weighted by molar-refractivity contribution is -0.139. The van der Waals surface area contributed by atoms with E-state index < -0.39 is 12.0 Å². The minimum absolute atomic E-state index is 0.213. The number of nitrogens with one attached hydrogen (secondary N) is 1. The monoisotopic (exact) mass is 499 g/mol. The predicted octanol–water partition coefficient (Wildman–Crippen LogP) is 3.84. The molecule has 0 saturated carbocycles. The highest BCUT2D eigenvalue weighted by atomic mass is 32.1. The Morgan fingerprint density at radius 1 is 1.22 bits per heavy atom. The standard InChI is InChI=1S/C28H25N3O4S/c1-4-14-35-20-12-10-18(11-13-20)25-24(27(33)34-5-2)17(3)30-28-31(25)26(32)23(36-28)15-19-16-29-22-9-7-6-8-21(19)22/h4,6-13,15-16,25,29H,1,5,14H2,2-3H3/b23-15-/t25-/m0/s1. The van der Waals surface area contributed by atoms with Gasteiger partial charge in [0.1, 0.15) is 12.4 Å². The van der Waals surface area contributed by atoms with Crippen molar-refractivity contribution >= 4 is 34.3 Å². The fourth-order valence-corrected chi connectivity index (χ4v) is 5.40. The zero-order valence-corrected chi connectivity index (χ0v) is 20.8. The van der Waals surface area contributed by atoms with Crippen LogP contribution >= 0.6 is 11.3 Å². The molecule has 4 aromatic rings. The number of nitrogens with zero attached hydrogens (tertiary/aromatic N) is 2. The van der Waals surface area contributed by atoms with E-state index in [2.05, 4.69) is 16.6 Å². The summed E-state index contributed by atoms with van der Waals surface area (Å²) in [6.07, 6.45) is 5.43. The van der Waals surface area contributed by atoms with Gasteiger partial charge in [-0.1, -0.05) is 54.3 Å². The number of aromatic nitrogens is 2. The molecule has 2 aromatic heterocycles. The number of ether oxygens (including phenoxy) is 2. The van der Waals surface area contributed by atoms with E-state index in [4.69, 9.17) is 9.47 Å². The van der Waals surface area contributed by atoms with Crippen LogP contribution in [0.4, 0.5) is 0 Å². The van der Waals surface area contributed by atoms with Gasteiger partial charge < -0.3 is 14.5 Å². The van der Waals surface area contributed by atoms with Crippen LogP contribution in [-0.2, 0) is 9.53 Å². The number of rotatable bonds is 7. The van der Waals surface area contributed by atoms with Crippen LogP contribution in [0.15, 0.2) is 88.4 Å². The second-order valence-corrected chi connectivity index (χ2v) is 9.27. The van der Waals surface area contributed by atoms with Crippen molar-refractivity contribution in [3.63, 3.8) is 0 Å². The first-order chi connectivity index (χ1) is 17.5. The molecule has 5 rings (SSSR count). The van der Waals surface area contributed by atoms with Crippen LogP contribution in [0.3, 0.4) is 0 Å². The third kappa shape index (κ3) is 4.20. The van der Waals surface area contributed by atoms with Crippen LogP contribution in [0.25, 0.3) is 17.0 Å². The first-order valence-corrected chi connectivity index (χ1v) is 12.4. The highest BCUT2D eigenvalue weighted by Crippen LogP contribution is 2.31. The Morgan fingerprint density at radius 3 is 2.75 bits per heavy atom. The number of hydrogen-bond acceptors (Lipinski definition) is 6. The second kappa shape index (κ2) is 9.83. The van der Waals surface area contributed by atoms with Gasteiger partial charge in [-0.3, -0.25) is 9.36 Å². The van der Waals surface area contributed by atoms with E-state index in [0.717, 1.165) is 22.0 Å². The fraction of sp³-hybridized carbons (Fsp3) is 0.179. The first kappa shape index (κ1) is 23.6. The van der Waals surface area contributed by atoms with Crippen molar-refractivity contribution < 1.29 is 14.3 Å². The molecular formula is C28H25N3O4S. The number of allylic oxidation sites excluding steroid dienone is 1. The number of aromatic amines is 1. The topological polar surface area (TPSA) is 85.7 Å². The van der Waals surface area contributed by atoms with Gasteiger partial charge in [-0.25, -0.2) is 9.79 Å². The Hall–Kier alpha value is -4.17. The maximum atomic E-state index is 13.8. The highest BCUT2D eigenvalue weighted by molar-refractivity contribution is 7.07. The summed E-state index contributed by atoms with van der Waals surface area (Å²) in [6, 6.07) is 14.6. The zero-order chi connectivity index (χ0) is 25.2. The van der Waals surface area contributed by atoms with E-state index in [1.807, 2.05) is 60.8 Å². The number of carbonyl (C=O) groups is 1. The molecule has 2 aromatic carbocycles. The van der Waals surface area contributed by atoms with Gasteiger partial charge in [0, 0.05) is 22.7 Å². The van der Waals surface area contributed by atoms with Crippen LogP contribution in [0, 0.1) is 0 Å². The third-order valence-electron chi connectivity index (χ3n) is 5.99. The molecular weight excluding hydrogens is 474 g/mol. The van der Waals surface area contributed by atoms with Crippen LogP contribution in [-0.4, -0.2) is 28.7 Å². The number of carbonyl (C=O) groups excluding carboxylic acids is 1. The SMILES string of the molecule is C=CCOc1ccc([C@H]2C(C(=O)OCC)=C(C)N=c3s/c(=C\c4c[nH]c5ccccc45)c(=O)n32)cc1. The maximum absolute atomic E-state index is 13.8. The van der Waals surface area contributed by atoms with Gasteiger partial charge in [0.15, 0.2) is 4.80 Å². The quantitative estimate of drug-likeness (QED) is 0.309. The lowest BCUT2D eigenvalue weighted by Crippen LogP contribution is -2.39. The molecule has 0 bridgehead atoms. The highest BCUT2D eigenvalue weighted by Gasteiger charge is 2.33. The van der Waals surface area contributed by atoms with Crippen molar-refractivity contribution in [2.24, 2.45) is 4.99 Å². The van der Waals surface area contributed by atoms with Crippen LogP contribution < -0.4 is 19.6 Å². The third-order valence-corrected chi connectivity index (χ3v) is 6.97. The number of para-hydroxylation sites is 1. The Balaban J connectivity index is 1.68. The van der Waals surface area contributed by atoms with Gasteiger partial charge in [0.05, 0.1) is 28.5 Å². The largest absolute Gasteiger partial charge is 0.490 e. The Morgan fingerprint density at radius 2 is 2.00 bits per heavy atom. The summed E-state index contributed by atoms with van der Waals surface area (Å²) in [6.45, 7) is 7.81. The van der Waals surface area contributed by atoms with Crippen molar-refractivity contribution in [2.45, 2.75) is 19.9 Å². The molecule has 0 amide bonds. The van der Waals surface area contributed by atoms with Gasteiger partial charge in [0.25, 0.3) is 5.56 Å². The van der Waals surface area contributed by atoms with E-state index in [-0.39, 0.29) is 12.2 Å². The normalized spacial score (nSPS) is 15.5. The smallest absolute Gasteiger partial charge is 0.338 e. The van der Waals surface area contributed by atoms with E-state index in [1.54, 1.807) is 24.5 Å². The number of benzene rings is 2. The van der Waals surface area contributed by atoms with E-state index >= 15 is 0 Å². The van der Waals surface area contributed by atoms with E-state index in [0.29, 0.717) is 33.0 Å². The lowest BCUT2D eigenvalue weighted by Gasteiger charge is -2.24. The Bertz CT molecular complexity index is 1670. The Kier molecular flexibility index (Phi) is 6.43. The summed E-state index contributed by atoms with van der Waals surface area (Å²) in [5.41, 5.74) is 3.34. The molecule has 36 heavy (non-hydrogen) atoms. The average molecular weight is 500 g/mol. The molecule has 0 unspecified atom stereocenters. The number of thiazole rings is 1. The van der Waals surface area contributed by atoms with Gasteiger partial charge in [-0.2, -0.15) is 0 Å². The van der Waals surface area contributed by atoms with E-state index in [9.17, 15) is 9.59 Å². The number of fused-ring (bicyclic) bond motifs is 2. The summed E-state index contributed by atoms with van der Waals surface area (Å²) in [5.74, 6) is 0.186. The molecule has 182 valence electrons. The molecule has 0 fully saturated rings. The van der Waals surface area contributed by atoms with Crippen LogP contribution in [0.2, 0.25) is 0 Å². The van der Waals surface area contributed by atoms with E-state index in [1.165, 1.54) is 11.3 Å². The minimum atomic E-state index is -0.668. The van der Waals surface area contributed by atoms with Gasteiger partial charge >= 0.3 is 5.97 Å². The van der Waals surface area contributed by atoms with Gasteiger partial charge in [-0.05, 0) is 43.7 Å². The van der Waals surface area contributed by atoms with Crippen LogP contribution in [0.1, 0.15) is 31.0 Å². The summed E-state index contributed by atoms with van der Waals surface area (Å²) < 4.78 is 13.1. The molecule has 8 heteroatoms. The number of hydrogen-bond donors (Lipinski definition) is 1. The molecule has 1 atom stereocenters. The molecule has 0 saturated heterocycles. The van der Waals surface area contributed by atoms with Gasteiger partial charge in [0.2, 0.25) is 0 Å². The summed E-state index contributed by atoms with van der Waals surface area (Å²) in [4.78, 5) is 35.2.